The maximum atomic E-state index is 11.8. The second-order valence-electron chi connectivity index (χ2n) is 4.00. The summed E-state index contributed by atoms with van der Waals surface area (Å²) in [6, 6.07) is 1.74. The zero-order valence-electron chi connectivity index (χ0n) is 9.78. The third-order valence-corrected chi connectivity index (χ3v) is 2.53. The van der Waals surface area contributed by atoms with Crippen LogP contribution in [0.25, 0.3) is 0 Å². The van der Waals surface area contributed by atoms with Crippen LogP contribution in [0, 0.1) is 0 Å². The number of hydrogen-bond donors (Lipinski definition) is 1. The summed E-state index contributed by atoms with van der Waals surface area (Å²) in [5, 5.41) is 8.93. The first kappa shape index (κ1) is 11.8. The number of ether oxygens (including phenoxy) is 1. The van der Waals surface area contributed by atoms with Crippen LogP contribution < -0.4 is 10.6 Å². The van der Waals surface area contributed by atoms with Crippen LogP contribution in [-0.2, 0) is 4.74 Å². The summed E-state index contributed by atoms with van der Waals surface area (Å²) < 4.78 is 6.81. The molecule has 1 aromatic heterocycles. The SMILES string of the molecule is CN(C)c1ccn([C@H]2C=C[C@@H](CO)O2)c(=O)n1. The van der Waals surface area contributed by atoms with Gasteiger partial charge in [0.2, 0.25) is 0 Å². The van der Waals surface area contributed by atoms with E-state index in [1.54, 1.807) is 29.3 Å². The van der Waals surface area contributed by atoms with Gasteiger partial charge < -0.3 is 14.7 Å². The Bertz CT molecular complexity index is 481. The fraction of sp³-hybridized carbons (Fsp3) is 0.455. The molecule has 2 rings (SSSR count). The lowest BCUT2D eigenvalue weighted by atomic mass is 10.4. The molecule has 0 aromatic carbocycles. The monoisotopic (exact) mass is 237 g/mol. The molecule has 1 aromatic rings. The molecule has 6 nitrogen and oxygen atoms in total. The molecule has 0 saturated carbocycles. The van der Waals surface area contributed by atoms with Gasteiger partial charge in [-0.2, -0.15) is 4.98 Å². The van der Waals surface area contributed by atoms with Crippen LogP contribution in [0.2, 0.25) is 0 Å². The molecule has 1 aliphatic rings. The number of hydrogen-bond acceptors (Lipinski definition) is 5. The topological polar surface area (TPSA) is 67.6 Å². The zero-order valence-corrected chi connectivity index (χ0v) is 9.78. The van der Waals surface area contributed by atoms with Crippen molar-refractivity contribution in [1.29, 1.82) is 0 Å². The molecule has 92 valence electrons. The quantitative estimate of drug-likeness (QED) is 0.735. The second kappa shape index (κ2) is 4.68. The minimum atomic E-state index is -0.483. The summed E-state index contributed by atoms with van der Waals surface area (Å²) in [7, 11) is 3.64. The van der Waals surface area contributed by atoms with Gasteiger partial charge in [0, 0.05) is 20.3 Å². The molecule has 17 heavy (non-hydrogen) atoms. The van der Waals surface area contributed by atoms with Gasteiger partial charge in [-0.15, -0.1) is 0 Å². The highest BCUT2D eigenvalue weighted by molar-refractivity contribution is 5.33. The van der Waals surface area contributed by atoms with Crippen LogP contribution in [0.15, 0.2) is 29.2 Å². The normalized spacial score (nSPS) is 23.0. The van der Waals surface area contributed by atoms with Gasteiger partial charge in [0.15, 0.2) is 6.23 Å². The molecule has 0 fully saturated rings. The first-order valence-electron chi connectivity index (χ1n) is 5.33. The highest BCUT2D eigenvalue weighted by Crippen LogP contribution is 2.19. The number of nitrogens with zero attached hydrogens (tertiary/aromatic N) is 3. The minimum Gasteiger partial charge on any atom is -0.393 e. The van der Waals surface area contributed by atoms with Crippen LogP contribution in [0.1, 0.15) is 6.23 Å². The van der Waals surface area contributed by atoms with E-state index >= 15 is 0 Å². The third-order valence-electron chi connectivity index (χ3n) is 2.53. The molecule has 0 bridgehead atoms. The van der Waals surface area contributed by atoms with E-state index in [9.17, 15) is 4.79 Å². The van der Waals surface area contributed by atoms with E-state index in [0.717, 1.165) is 0 Å². The van der Waals surface area contributed by atoms with Crippen LogP contribution >= 0.6 is 0 Å². The molecular formula is C11H15N3O3. The maximum Gasteiger partial charge on any atom is 0.351 e. The second-order valence-corrected chi connectivity index (χ2v) is 4.00. The molecule has 0 radical (unpaired) electrons. The van der Waals surface area contributed by atoms with E-state index in [0.29, 0.717) is 5.82 Å². The fourth-order valence-corrected chi connectivity index (χ4v) is 1.60. The predicted molar refractivity (Wildman–Crippen MR) is 63.0 cm³/mol. The Morgan fingerprint density at radius 2 is 2.29 bits per heavy atom. The number of aliphatic hydroxyl groups excluding tert-OH is 1. The van der Waals surface area contributed by atoms with Crippen molar-refractivity contribution in [3.63, 3.8) is 0 Å². The fourth-order valence-electron chi connectivity index (χ4n) is 1.60. The van der Waals surface area contributed by atoms with Crippen molar-refractivity contribution < 1.29 is 9.84 Å². The molecule has 0 spiro atoms. The minimum absolute atomic E-state index is 0.0923. The molecule has 0 amide bonds. The van der Waals surface area contributed by atoms with Crippen molar-refractivity contribution in [1.82, 2.24) is 9.55 Å². The highest BCUT2D eigenvalue weighted by atomic mass is 16.5. The predicted octanol–water partition coefficient (Wildman–Crippen LogP) is -0.245. The summed E-state index contributed by atoms with van der Waals surface area (Å²) in [5.41, 5.74) is -0.371. The van der Waals surface area contributed by atoms with Crippen LogP contribution in [0.4, 0.5) is 5.82 Å². The largest absolute Gasteiger partial charge is 0.393 e. The van der Waals surface area contributed by atoms with E-state index in [1.807, 2.05) is 14.1 Å². The van der Waals surface area contributed by atoms with E-state index < -0.39 is 6.23 Å². The van der Waals surface area contributed by atoms with E-state index in [1.165, 1.54) is 4.57 Å². The van der Waals surface area contributed by atoms with E-state index in [2.05, 4.69) is 4.98 Å². The number of aliphatic hydroxyl groups is 1. The standard InChI is InChI=1S/C11H15N3O3/c1-13(2)9-5-6-14(11(16)12-9)10-4-3-8(7-15)17-10/h3-6,8,10,15H,7H2,1-2H3/t8-,10+/m0/s1. The summed E-state index contributed by atoms with van der Waals surface area (Å²) >= 11 is 0. The van der Waals surface area contributed by atoms with Crippen LogP contribution in [0.5, 0.6) is 0 Å². The molecule has 0 aliphatic carbocycles. The van der Waals surface area contributed by atoms with Crippen LogP contribution in [0.3, 0.4) is 0 Å². The van der Waals surface area contributed by atoms with Gasteiger partial charge in [-0.05, 0) is 12.1 Å². The third kappa shape index (κ3) is 2.37. The first-order chi connectivity index (χ1) is 8.11. The summed E-state index contributed by atoms with van der Waals surface area (Å²) in [4.78, 5) is 17.5. The lowest BCUT2D eigenvalue weighted by molar-refractivity contribution is -0.0102. The van der Waals surface area contributed by atoms with Gasteiger partial charge >= 0.3 is 5.69 Å². The molecule has 6 heteroatoms. The number of anilines is 1. The van der Waals surface area contributed by atoms with Gasteiger partial charge in [0.05, 0.1) is 6.61 Å². The Balaban J connectivity index is 2.24. The smallest absolute Gasteiger partial charge is 0.351 e. The van der Waals surface area contributed by atoms with Crippen molar-refractivity contribution >= 4 is 5.82 Å². The number of aromatic nitrogens is 2. The Hall–Kier alpha value is -1.66. The molecule has 2 atom stereocenters. The average molecular weight is 237 g/mol. The molecule has 1 N–H and O–H groups in total. The Labute approximate surface area is 98.8 Å². The van der Waals surface area contributed by atoms with Crippen LogP contribution in [-0.4, -0.2) is 41.5 Å². The maximum absolute atomic E-state index is 11.8. The van der Waals surface area contributed by atoms with Gasteiger partial charge in [0.25, 0.3) is 0 Å². The van der Waals surface area contributed by atoms with Crippen molar-refractivity contribution in [2.45, 2.75) is 12.3 Å². The van der Waals surface area contributed by atoms with Gasteiger partial charge in [-0.3, -0.25) is 4.57 Å². The van der Waals surface area contributed by atoms with Crippen molar-refractivity contribution in [2.75, 3.05) is 25.6 Å². The lowest BCUT2D eigenvalue weighted by Crippen LogP contribution is -2.29. The Kier molecular flexibility index (Phi) is 3.26. The Morgan fingerprint density at radius 3 is 2.82 bits per heavy atom. The van der Waals surface area contributed by atoms with Crippen molar-refractivity contribution in [2.24, 2.45) is 0 Å². The summed E-state index contributed by atoms with van der Waals surface area (Å²) in [6.07, 6.45) is 4.28. The molecule has 0 unspecified atom stereocenters. The number of rotatable bonds is 3. The first-order valence-corrected chi connectivity index (χ1v) is 5.33. The lowest BCUT2D eigenvalue weighted by Gasteiger charge is -2.16. The highest BCUT2D eigenvalue weighted by Gasteiger charge is 2.20. The van der Waals surface area contributed by atoms with Gasteiger partial charge in [-0.25, -0.2) is 4.79 Å². The molecule has 1 aliphatic heterocycles. The summed E-state index contributed by atoms with van der Waals surface area (Å²) in [6.45, 7) is -0.0923. The van der Waals surface area contributed by atoms with Gasteiger partial charge in [0.1, 0.15) is 11.9 Å². The van der Waals surface area contributed by atoms with Crippen molar-refractivity contribution in [3.05, 3.63) is 34.9 Å². The average Bonchev–Trinajstić information content (AvgIpc) is 2.77. The van der Waals surface area contributed by atoms with Crippen molar-refractivity contribution in [3.8, 4) is 0 Å². The Morgan fingerprint density at radius 1 is 1.53 bits per heavy atom. The zero-order chi connectivity index (χ0) is 12.4. The summed E-state index contributed by atoms with van der Waals surface area (Å²) in [5.74, 6) is 0.604. The van der Waals surface area contributed by atoms with Gasteiger partial charge in [-0.1, -0.05) is 6.08 Å². The molecular weight excluding hydrogens is 222 g/mol. The molecule has 0 saturated heterocycles. The van der Waals surface area contributed by atoms with E-state index in [-0.39, 0.29) is 18.4 Å². The van der Waals surface area contributed by atoms with E-state index in [4.69, 9.17) is 9.84 Å². The molecule has 2 heterocycles.